The molecule has 0 saturated carbocycles. The number of aromatic nitrogens is 3. The van der Waals surface area contributed by atoms with Crippen molar-refractivity contribution in [3.8, 4) is 0 Å². The van der Waals surface area contributed by atoms with Crippen LogP contribution in [0.15, 0.2) is 18.3 Å². The van der Waals surface area contributed by atoms with E-state index in [2.05, 4.69) is 52.6 Å². The summed E-state index contributed by atoms with van der Waals surface area (Å²) in [5.41, 5.74) is 3.36. The van der Waals surface area contributed by atoms with E-state index in [1.165, 1.54) is 11.4 Å². The minimum absolute atomic E-state index is 0.520. The molecule has 4 heteroatoms. The summed E-state index contributed by atoms with van der Waals surface area (Å²) in [6.07, 6.45) is 2.93. The van der Waals surface area contributed by atoms with Gasteiger partial charge in [0.2, 0.25) is 0 Å². The van der Waals surface area contributed by atoms with Gasteiger partial charge in [-0.05, 0) is 18.4 Å². The van der Waals surface area contributed by atoms with E-state index in [9.17, 15) is 0 Å². The first-order valence-corrected chi connectivity index (χ1v) is 6.68. The van der Waals surface area contributed by atoms with Gasteiger partial charge in [-0.15, -0.1) is 0 Å². The van der Waals surface area contributed by atoms with Gasteiger partial charge in [-0.3, -0.25) is 0 Å². The zero-order valence-corrected chi connectivity index (χ0v) is 11.1. The smallest absolute Gasteiger partial charge is 0.155 e. The number of fused-ring (bicyclic) bond motifs is 1. The second-order valence-electron chi connectivity index (χ2n) is 3.72. The molecular formula is C11H14IN3. The van der Waals surface area contributed by atoms with Crippen molar-refractivity contribution in [3.05, 3.63) is 29.7 Å². The summed E-state index contributed by atoms with van der Waals surface area (Å²) in [5.74, 6) is 0.520. The fraction of sp³-hybridized carbons (Fsp3) is 0.455. The van der Waals surface area contributed by atoms with Gasteiger partial charge in [-0.1, -0.05) is 36.4 Å². The van der Waals surface area contributed by atoms with E-state index in [0.717, 1.165) is 16.5 Å². The number of rotatable bonds is 3. The van der Waals surface area contributed by atoms with Crippen LogP contribution < -0.4 is 0 Å². The van der Waals surface area contributed by atoms with Crippen molar-refractivity contribution in [1.82, 2.24) is 14.6 Å². The second-order valence-corrected chi connectivity index (χ2v) is 4.48. The van der Waals surface area contributed by atoms with Gasteiger partial charge in [0.05, 0.1) is 11.9 Å². The van der Waals surface area contributed by atoms with Crippen LogP contribution in [0.3, 0.4) is 0 Å². The monoisotopic (exact) mass is 315 g/mol. The lowest BCUT2D eigenvalue weighted by atomic mass is 10.0. The van der Waals surface area contributed by atoms with Gasteiger partial charge in [-0.2, -0.15) is 5.10 Å². The minimum atomic E-state index is 0.520. The molecule has 15 heavy (non-hydrogen) atoms. The normalized spacial score (nSPS) is 13.3. The molecule has 80 valence electrons. The molecule has 2 aromatic heterocycles. The maximum atomic E-state index is 4.61. The largest absolute Gasteiger partial charge is 0.233 e. The molecule has 0 saturated heterocycles. The standard InChI is InChI=1S/C11H14IN3/c1-3-8(2)10-6-9(7-12)15-11(14-10)4-5-13-15/h4-6,8H,3,7H2,1-2H3. The maximum Gasteiger partial charge on any atom is 0.155 e. The fourth-order valence-corrected chi connectivity index (χ4v) is 2.10. The van der Waals surface area contributed by atoms with Crippen molar-refractivity contribution in [2.45, 2.75) is 30.6 Å². The SMILES string of the molecule is CCC(C)c1cc(CI)n2nccc2n1. The molecule has 0 radical (unpaired) electrons. The van der Waals surface area contributed by atoms with Gasteiger partial charge in [0, 0.05) is 16.2 Å². The summed E-state index contributed by atoms with van der Waals surface area (Å²) in [5, 5.41) is 4.27. The van der Waals surface area contributed by atoms with Crippen LogP contribution in [0.5, 0.6) is 0 Å². The number of halogens is 1. The summed E-state index contributed by atoms with van der Waals surface area (Å²) in [4.78, 5) is 4.61. The van der Waals surface area contributed by atoms with Gasteiger partial charge in [0.15, 0.2) is 5.65 Å². The highest BCUT2D eigenvalue weighted by molar-refractivity contribution is 14.1. The minimum Gasteiger partial charge on any atom is -0.233 e. The van der Waals surface area contributed by atoms with Crippen LogP contribution in [-0.2, 0) is 4.43 Å². The molecule has 2 rings (SSSR count). The molecule has 2 aromatic rings. The lowest BCUT2D eigenvalue weighted by Gasteiger charge is -2.10. The third kappa shape index (κ3) is 2.00. The molecule has 0 aliphatic heterocycles. The van der Waals surface area contributed by atoms with Crippen molar-refractivity contribution in [3.63, 3.8) is 0 Å². The van der Waals surface area contributed by atoms with E-state index >= 15 is 0 Å². The van der Waals surface area contributed by atoms with Crippen molar-refractivity contribution in [2.24, 2.45) is 0 Å². The lowest BCUT2D eigenvalue weighted by Crippen LogP contribution is -2.03. The molecule has 0 aliphatic rings. The first kappa shape index (κ1) is 10.9. The summed E-state index contributed by atoms with van der Waals surface area (Å²) in [6.45, 7) is 4.41. The molecular weight excluding hydrogens is 301 g/mol. The Bertz CT molecular complexity index is 464. The first-order chi connectivity index (χ1) is 7.26. The summed E-state index contributed by atoms with van der Waals surface area (Å²) in [6, 6.07) is 4.13. The average Bonchev–Trinajstić information content (AvgIpc) is 2.74. The van der Waals surface area contributed by atoms with Crippen LogP contribution in [0.1, 0.15) is 37.6 Å². The molecule has 0 spiro atoms. The zero-order valence-electron chi connectivity index (χ0n) is 8.94. The Morgan fingerprint density at radius 2 is 2.33 bits per heavy atom. The Labute approximate surface area is 103 Å². The Morgan fingerprint density at radius 3 is 3.00 bits per heavy atom. The Hall–Kier alpha value is -0.650. The highest BCUT2D eigenvalue weighted by Crippen LogP contribution is 2.19. The molecule has 2 heterocycles. The van der Waals surface area contributed by atoms with Gasteiger partial charge in [-0.25, -0.2) is 9.50 Å². The van der Waals surface area contributed by atoms with Gasteiger partial charge in [0.1, 0.15) is 0 Å². The Balaban J connectivity index is 2.58. The summed E-state index contributed by atoms with van der Waals surface area (Å²) in [7, 11) is 0. The Morgan fingerprint density at radius 1 is 1.53 bits per heavy atom. The molecule has 1 unspecified atom stereocenters. The number of hydrogen-bond acceptors (Lipinski definition) is 2. The van der Waals surface area contributed by atoms with Crippen LogP contribution in [0.2, 0.25) is 0 Å². The molecule has 0 N–H and O–H groups in total. The Kier molecular flexibility index (Phi) is 3.23. The molecule has 0 aliphatic carbocycles. The molecule has 3 nitrogen and oxygen atoms in total. The second kappa shape index (κ2) is 4.47. The van der Waals surface area contributed by atoms with Crippen LogP contribution >= 0.6 is 22.6 Å². The maximum absolute atomic E-state index is 4.61. The first-order valence-electron chi connectivity index (χ1n) is 5.15. The highest BCUT2D eigenvalue weighted by Gasteiger charge is 2.09. The molecule has 1 atom stereocenters. The lowest BCUT2D eigenvalue weighted by molar-refractivity contribution is 0.701. The molecule has 0 amide bonds. The van der Waals surface area contributed by atoms with Crippen molar-refractivity contribution in [1.29, 1.82) is 0 Å². The van der Waals surface area contributed by atoms with E-state index in [0.29, 0.717) is 5.92 Å². The van der Waals surface area contributed by atoms with Crippen LogP contribution in [0.4, 0.5) is 0 Å². The van der Waals surface area contributed by atoms with Crippen LogP contribution in [-0.4, -0.2) is 14.6 Å². The zero-order chi connectivity index (χ0) is 10.8. The van der Waals surface area contributed by atoms with E-state index in [1.54, 1.807) is 6.20 Å². The van der Waals surface area contributed by atoms with E-state index in [4.69, 9.17) is 0 Å². The molecule has 0 aromatic carbocycles. The van der Waals surface area contributed by atoms with Crippen molar-refractivity contribution in [2.75, 3.05) is 0 Å². The number of hydrogen-bond donors (Lipinski definition) is 0. The van der Waals surface area contributed by atoms with Crippen molar-refractivity contribution < 1.29 is 0 Å². The topological polar surface area (TPSA) is 30.2 Å². The third-order valence-corrected chi connectivity index (χ3v) is 3.49. The molecule has 0 bridgehead atoms. The van der Waals surface area contributed by atoms with Crippen LogP contribution in [0, 0.1) is 0 Å². The quantitative estimate of drug-likeness (QED) is 0.643. The highest BCUT2D eigenvalue weighted by atomic mass is 127. The van der Waals surface area contributed by atoms with Gasteiger partial charge < -0.3 is 0 Å². The van der Waals surface area contributed by atoms with E-state index in [1.807, 2.05) is 10.6 Å². The average molecular weight is 315 g/mol. The van der Waals surface area contributed by atoms with Gasteiger partial charge in [0.25, 0.3) is 0 Å². The summed E-state index contributed by atoms with van der Waals surface area (Å²) < 4.78 is 2.88. The summed E-state index contributed by atoms with van der Waals surface area (Å²) >= 11 is 2.36. The predicted octanol–water partition coefficient (Wildman–Crippen LogP) is 3.18. The fourth-order valence-electron chi connectivity index (χ4n) is 1.56. The van der Waals surface area contributed by atoms with E-state index in [-0.39, 0.29) is 0 Å². The predicted molar refractivity (Wildman–Crippen MR) is 69.4 cm³/mol. The van der Waals surface area contributed by atoms with Crippen molar-refractivity contribution >= 4 is 28.2 Å². The van der Waals surface area contributed by atoms with E-state index < -0.39 is 0 Å². The number of nitrogens with zero attached hydrogens (tertiary/aromatic N) is 3. The van der Waals surface area contributed by atoms with Gasteiger partial charge >= 0.3 is 0 Å². The van der Waals surface area contributed by atoms with Crippen LogP contribution in [0.25, 0.3) is 5.65 Å². The molecule has 0 fully saturated rings. The third-order valence-electron chi connectivity index (χ3n) is 2.71. The number of alkyl halides is 1.